The highest BCUT2D eigenvalue weighted by atomic mass is 35.5. The summed E-state index contributed by atoms with van der Waals surface area (Å²) in [6.45, 7) is 2.94. The van der Waals surface area contributed by atoms with Gasteiger partial charge in [-0.2, -0.15) is 0 Å². The number of likely N-dealkylation sites (tertiary alicyclic amines) is 1. The molecule has 154 valence electrons. The fourth-order valence-electron chi connectivity index (χ4n) is 3.39. The summed E-state index contributed by atoms with van der Waals surface area (Å²) in [5.74, 6) is -0.987. The molecule has 1 atom stereocenters. The van der Waals surface area contributed by atoms with Gasteiger partial charge in [0.1, 0.15) is 5.82 Å². The number of halogens is 3. The minimum atomic E-state index is -0.563. The highest BCUT2D eigenvalue weighted by molar-refractivity contribution is 6.31. The maximum atomic E-state index is 13.9. The van der Waals surface area contributed by atoms with Gasteiger partial charge >= 0.3 is 6.03 Å². The second-order valence-corrected chi connectivity index (χ2v) is 8.04. The Kier molecular flexibility index (Phi) is 6.98. The van der Waals surface area contributed by atoms with Crippen LogP contribution in [0.25, 0.3) is 0 Å². The number of benzene rings is 2. The van der Waals surface area contributed by atoms with Crippen molar-refractivity contribution in [2.24, 2.45) is 11.8 Å². The van der Waals surface area contributed by atoms with Gasteiger partial charge in [0.05, 0.1) is 5.69 Å². The van der Waals surface area contributed by atoms with E-state index in [4.69, 9.17) is 23.2 Å². The van der Waals surface area contributed by atoms with Crippen LogP contribution < -0.4 is 10.6 Å². The smallest absolute Gasteiger partial charge is 0.321 e. The average Bonchev–Trinajstić information content (AvgIpc) is 2.71. The molecule has 1 fully saturated rings. The van der Waals surface area contributed by atoms with Gasteiger partial charge in [0.25, 0.3) is 0 Å². The number of amides is 3. The highest BCUT2D eigenvalue weighted by Crippen LogP contribution is 2.27. The molecule has 1 saturated heterocycles. The number of carbonyl (C=O) groups excluding carboxylic acids is 2. The van der Waals surface area contributed by atoms with Crippen LogP contribution in [0, 0.1) is 17.7 Å². The van der Waals surface area contributed by atoms with Crippen molar-refractivity contribution in [3.05, 3.63) is 58.3 Å². The quantitative estimate of drug-likeness (QED) is 0.648. The van der Waals surface area contributed by atoms with E-state index in [9.17, 15) is 14.0 Å². The summed E-state index contributed by atoms with van der Waals surface area (Å²) >= 11 is 11.6. The van der Waals surface area contributed by atoms with Crippen LogP contribution >= 0.6 is 23.2 Å². The maximum absolute atomic E-state index is 13.9. The predicted molar refractivity (Wildman–Crippen MR) is 114 cm³/mol. The first-order chi connectivity index (χ1) is 13.8. The lowest BCUT2D eigenvalue weighted by Crippen LogP contribution is -2.43. The first-order valence-corrected chi connectivity index (χ1v) is 10.2. The summed E-state index contributed by atoms with van der Waals surface area (Å²) in [7, 11) is 0. The van der Waals surface area contributed by atoms with Crippen LogP contribution in [0.2, 0.25) is 10.0 Å². The summed E-state index contributed by atoms with van der Waals surface area (Å²) in [6.07, 6.45) is 1.40. The monoisotopic (exact) mass is 437 g/mol. The van der Waals surface area contributed by atoms with Crippen molar-refractivity contribution in [2.75, 3.05) is 23.7 Å². The van der Waals surface area contributed by atoms with E-state index in [1.54, 1.807) is 29.2 Å². The van der Waals surface area contributed by atoms with Gasteiger partial charge in [0.15, 0.2) is 0 Å². The van der Waals surface area contributed by atoms with Crippen molar-refractivity contribution in [2.45, 2.75) is 19.8 Å². The van der Waals surface area contributed by atoms with Gasteiger partial charge in [0, 0.05) is 34.7 Å². The number of piperidine rings is 1. The van der Waals surface area contributed by atoms with E-state index < -0.39 is 5.82 Å². The third-order valence-corrected chi connectivity index (χ3v) is 5.72. The van der Waals surface area contributed by atoms with Crippen molar-refractivity contribution in [1.82, 2.24) is 4.90 Å². The second-order valence-electron chi connectivity index (χ2n) is 7.16. The lowest BCUT2D eigenvalue weighted by molar-refractivity contribution is -0.121. The maximum Gasteiger partial charge on any atom is 0.321 e. The van der Waals surface area contributed by atoms with Gasteiger partial charge in [-0.25, -0.2) is 9.18 Å². The van der Waals surface area contributed by atoms with Gasteiger partial charge < -0.3 is 15.5 Å². The minimum Gasteiger partial charge on any atom is -0.325 e. The van der Waals surface area contributed by atoms with Crippen molar-refractivity contribution < 1.29 is 14.0 Å². The van der Waals surface area contributed by atoms with E-state index in [1.807, 2.05) is 6.92 Å². The molecule has 0 bridgehead atoms. The summed E-state index contributed by atoms with van der Waals surface area (Å²) in [6, 6.07) is 10.9. The summed E-state index contributed by atoms with van der Waals surface area (Å²) in [5, 5.41) is 6.36. The fourth-order valence-corrected chi connectivity index (χ4v) is 3.67. The zero-order chi connectivity index (χ0) is 21.0. The molecule has 3 rings (SSSR count). The van der Waals surface area contributed by atoms with Gasteiger partial charge in [0.2, 0.25) is 5.91 Å². The molecule has 3 amide bonds. The van der Waals surface area contributed by atoms with Gasteiger partial charge in [-0.05, 0) is 61.2 Å². The van der Waals surface area contributed by atoms with E-state index in [2.05, 4.69) is 10.6 Å². The third kappa shape index (κ3) is 5.61. The zero-order valence-corrected chi connectivity index (χ0v) is 17.4. The van der Waals surface area contributed by atoms with Gasteiger partial charge in [-0.1, -0.05) is 30.1 Å². The molecule has 0 aromatic heterocycles. The molecular formula is C21H22Cl2FN3O2. The fraction of sp³-hybridized carbons (Fsp3) is 0.333. The van der Waals surface area contributed by atoms with Crippen LogP contribution in [0.3, 0.4) is 0 Å². The van der Waals surface area contributed by atoms with Crippen molar-refractivity contribution in [3.63, 3.8) is 0 Å². The first kappa shape index (κ1) is 21.4. The van der Waals surface area contributed by atoms with Crippen LogP contribution in [0.15, 0.2) is 42.5 Å². The molecule has 29 heavy (non-hydrogen) atoms. The van der Waals surface area contributed by atoms with E-state index >= 15 is 0 Å². The molecule has 1 aliphatic heterocycles. The first-order valence-electron chi connectivity index (χ1n) is 9.41. The number of carbonyl (C=O) groups is 2. The molecule has 2 N–H and O–H groups in total. The number of urea groups is 1. The third-order valence-electron chi connectivity index (χ3n) is 5.23. The molecule has 1 unspecified atom stereocenters. The Morgan fingerprint density at radius 3 is 2.28 bits per heavy atom. The van der Waals surface area contributed by atoms with Crippen LogP contribution in [0.4, 0.5) is 20.6 Å². The number of anilines is 2. The van der Waals surface area contributed by atoms with Crippen molar-refractivity contribution in [1.29, 1.82) is 0 Å². The molecule has 1 heterocycles. The van der Waals surface area contributed by atoms with E-state index in [-0.39, 0.29) is 34.5 Å². The Bertz CT molecular complexity index is 884. The highest BCUT2D eigenvalue weighted by Gasteiger charge is 2.30. The Balaban J connectivity index is 1.50. The van der Waals surface area contributed by atoms with Gasteiger partial charge in [-0.15, -0.1) is 0 Å². The molecule has 8 heteroatoms. The molecule has 5 nitrogen and oxygen atoms in total. The van der Waals surface area contributed by atoms with Crippen molar-refractivity contribution in [3.8, 4) is 0 Å². The van der Waals surface area contributed by atoms with E-state index in [0.717, 1.165) is 0 Å². The topological polar surface area (TPSA) is 61.4 Å². The minimum absolute atomic E-state index is 0.116. The molecule has 2 aromatic rings. The predicted octanol–water partition coefficient (Wildman–Crippen LogP) is 5.65. The van der Waals surface area contributed by atoms with E-state index in [0.29, 0.717) is 36.6 Å². The largest absolute Gasteiger partial charge is 0.325 e. The van der Waals surface area contributed by atoms with E-state index in [1.165, 1.54) is 18.2 Å². The lowest BCUT2D eigenvalue weighted by Gasteiger charge is -2.34. The number of hydrogen-bond acceptors (Lipinski definition) is 2. The number of rotatable bonds is 4. The Labute approximate surface area is 179 Å². The molecule has 0 aliphatic carbocycles. The van der Waals surface area contributed by atoms with Crippen LogP contribution in [-0.2, 0) is 4.79 Å². The van der Waals surface area contributed by atoms with Crippen molar-refractivity contribution >= 4 is 46.5 Å². The summed E-state index contributed by atoms with van der Waals surface area (Å²) in [5.41, 5.74) is 0.797. The number of nitrogens with one attached hydrogen (secondary N) is 2. The Morgan fingerprint density at radius 2 is 1.66 bits per heavy atom. The molecule has 0 saturated carbocycles. The molecular weight excluding hydrogens is 416 g/mol. The van der Waals surface area contributed by atoms with Gasteiger partial charge in [-0.3, -0.25) is 4.79 Å². The van der Waals surface area contributed by atoms with Crippen LogP contribution in [-0.4, -0.2) is 29.9 Å². The molecule has 0 radical (unpaired) electrons. The summed E-state index contributed by atoms with van der Waals surface area (Å²) in [4.78, 5) is 26.7. The zero-order valence-electron chi connectivity index (χ0n) is 15.9. The second kappa shape index (κ2) is 9.46. The lowest BCUT2D eigenvalue weighted by atomic mass is 9.85. The molecule has 2 aromatic carbocycles. The number of nitrogens with zero attached hydrogens (tertiary/aromatic N) is 1. The molecule has 1 aliphatic rings. The standard InChI is InChI=1S/C21H22Cl2FN3O2/c1-13(20(28)26-19-7-4-16(23)12-18(19)24)14-8-10-27(11-9-14)21(29)25-17-5-2-15(22)3-6-17/h2-7,12-14H,8-11H2,1H3,(H,25,29)(H,26,28). The summed E-state index contributed by atoms with van der Waals surface area (Å²) < 4.78 is 13.9. The average molecular weight is 438 g/mol. The normalized spacial score (nSPS) is 15.7. The number of hydrogen-bond donors (Lipinski definition) is 2. The van der Waals surface area contributed by atoms with Crippen LogP contribution in [0.1, 0.15) is 19.8 Å². The Hall–Kier alpha value is -2.31. The SMILES string of the molecule is CC(C(=O)Nc1ccc(Cl)cc1F)C1CCN(C(=O)Nc2ccc(Cl)cc2)CC1. The molecule has 0 spiro atoms. The van der Waals surface area contributed by atoms with Crippen LogP contribution in [0.5, 0.6) is 0 Å². The Morgan fingerprint density at radius 1 is 1.03 bits per heavy atom.